The highest BCUT2D eigenvalue weighted by Gasteiger charge is 2.25. The minimum atomic E-state index is -4.11. The van der Waals surface area contributed by atoms with E-state index in [-0.39, 0.29) is 17.6 Å². The lowest BCUT2D eigenvalue weighted by Crippen LogP contribution is -2.28. The van der Waals surface area contributed by atoms with Gasteiger partial charge >= 0.3 is 6.09 Å². The minimum absolute atomic E-state index is 0.182. The zero-order valence-corrected chi connectivity index (χ0v) is 14.2. The monoisotopic (exact) mass is 380 g/mol. The van der Waals surface area contributed by atoms with Gasteiger partial charge in [-0.25, -0.2) is 27.9 Å². The molecular formula is C15H16N4O6S. The van der Waals surface area contributed by atoms with Gasteiger partial charge in [0.1, 0.15) is 0 Å². The normalized spacial score (nSPS) is 19.9. The largest absolute Gasteiger partial charge is 0.464 e. The molecule has 0 spiro atoms. The molecule has 2 atom stereocenters. The van der Waals surface area contributed by atoms with Crippen LogP contribution in [0.25, 0.3) is 0 Å². The van der Waals surface area contributed by atoms with Gasteiger partial charge in [-0.15, -0.1) is 0 Å². The lowest BCUT2D eigenvalue weighted by atomic mass is 10.1. The molecule has 1 aromatic carbocycles. The molecule has 0 saturated carbocycles. The Labute approximate surface area is 148 Å². The first-order valence-electron chi connectivity index (χ1n) is 7.58. The molecule has 10 nitrogen and oxygen atoms in total. The Balaban J connectivity index is 1.67. The average Bonchev–Trinajstić information content (AvgIpc) is 3.01. The standard InChI is InChI=1S/C15H16N4O6S/c20-11-5-13(25-8-11)9-6-16-14(17-7-9)18-10-1-3-12(4-2-10)26(23,24)19-15(21)22/h1-4,6-7,11,13,19-20H,5,8H2,(H,21,22)(H,16,17,18). The molecule has 11 heteroatoms. The smallest absolute Gasteiger partial charge is 0.418 e. The van der Waals surface area contributed by atoms with Gasteiger partial charge in [0.25, 0.3) is 10.0 Å². The molecular weight excluding hydrogens is 364 g/mol. The molecule has 3 rings (SSSR count). The van der Waals surface area contributed by atoms with Crippen LogP contribution in [0.15, 0.2) is 41.6 Å². The van der Waals surface area contributed by atoms with E-state index >= 15 is 0 Å². The predicted octanol–water partition coefficient (Wildman–Crippen LogP) is 0.999. The van der Waals surface area contributed by atoms with Crippen LogP contribution < -0.4 is 10.0 Å². The summed E-state index contributed by atoms with van der Waals surface area (Å²) >= 11 is 0. The van der Waals surface area contributed by atoms with Gasteiger partial charge in [0.2, 0.25) is 5.95 Å². The number of aliphatic hydroxyl groups excluding tert-OH is 1. The number of aromatic nitrogens is 2. The van der Waals surface area contributed by atoms with Crippen molar-refractivity contribution in [1.82, 2.24) is 14.7 Å². The van der Waals surface area contributed by atoms with Crippen LogP contribution in [0.2, 0.25) is 0 Å². The Morgan fingerprint density at radius 2 is 1.85 bits per heavy atom. The number of hydrogen-bond donors (Lipinski definition) is 4. The summed E-state index contributed by atoms with van der Waals surface area (Å²) in [4.78, 5) is 18.6. The number of amides is 1. The zero-order chi connectivity index (χ0) is 18.7. The van der Waals surface area contributed by atoms with Gasteiger partial charge in [-0.2, -0.15) is 0 Å². The number of rotatable bonds is 5. The summed E-state index contributed by atoms with van der Waals surface area (Å²) < 4.78 is 30.3. The van der Waals surface area contributed by atoms with Gasteiger partial charge in [0, 0.05) is 30.1 Å². The summed E-state index contributed by atoms with van der Waals surface area (Å²) in [6.45, 7) is 0.288. The van der Waals surface area contributed by atoms with Crippen molar-refractivity contribution < 1.29 is 28.2 Å². The highest BCUT2D eigenvalue weighted by atomic mass is 32.2. The van der Waals surface area contributed by atoms with Crippen molar-refractivity contribution in [3.63, 3.8) is 0 Å². The second kappa shape index (κ2) is 7.23. The number of carbonyl (C=O) groups is 1. The van der Waals surface area contributed by atoms with Crippen molar-refractivity contribution in [1.29, 1.82) is 0 Å². The van der Waals surface area contributed by atoms with E-state index in [2.05, 4.69) is 15.3 Å². The third kappa shape index (κ3) is 4.25. The van der Waals surface area contributed by atoms with Crippen LogP contribution >= 0.6 is 0 Å². The van der Waals surface area contributed by atoms with Gasteiger partial charge < -0.3 is 20.3 Å². The molecule has 2 heterocycles. The Morgan fingerprint density at radius 1 is 1.19 bits per heavy atom. The maximum Gasteiger partial charge on any atom is 0.418 e. The predicted molar refractivity (Wildman–Crippen MR) is 89.4 cm³/mol. The van der Waals surface area contributed by atoms with Crippen LogP contribution in [0.4, 0.5) is 16.4 Å². The van der Waals surface area contributed by atoms with Crippen molar-refractivity contribution in [2.75, 3.05) is 11.9 Å². The van der Waals surface area contributed by atoms with E-state index in [1.165, 1.54) is 29.0 Å². The molecule has 1 amide bonds. The second-order valence-corrected chi connectivity index (χ2v) is 7.29. The lowest BCUT2D eigenvalue weighted by molar-refractivity contribution is 0.0885. The first-order chi connectivity index (χ1) is 12.3. The molecule has 2 aromatic rings. The van der Waals surface area contributed by atoms with E-state index in [0.717, 1.165) is 5.56 Å². The average molecular weight is 380 g/mol. The Kier molecular flexibility index (Phi) is 5.02. The van der Waals surface area contributed by atoms with Crippen LogP contribution in [0, 0.1) is 0 Å². The Bertz CT molecular complexity index is 885. The third-order valence-corrected chi connectivity index (χ3v) is 5.00. The molecule has 138 valence electrons. The molecule has 4 N–H and O–H groups in total. The third-order valence-electron chi connectivity index (χ3n) is 3.66. The van der Waals surface area contributed by atoms with Gasteiger partial charge in [-0.1, -0.05) is 0 Å². The number of carboxylic acid groups (broad SMARTS) is 1. The van der Waals surface area contributed by atoms with Gasteiger partial charge in [0.05, 0.1) is 23.7 Å². The SMILES string of the molecule is O=C(O)NS(=O)(=O)c1ccc(Nc2ncc(C3CC(O)CO3)cn2)cc1. The summed E-state index contributed by atoms with van der Waals surface area (Å²) in [5.41, 5.74) is 1.29. The second-order valence-electron chi connectivity index (χ2n) is 5.61. The summed E-state index contributed by atoms with van der Waals surface area (Å²) in [5, 5.41) is 20.9. The summed E-state index contributed by atoms with van der Waals surface area (Å²) in [7, 11) is -4.11. The summed E-state index contributed by atoms with van der Waals surface area (Å²) in [6, 6.07) is 5.44. The van der Waals surface area contributed by atoms with Crippen LogP contribution in [-0.2, 0) is 14.8 Å². The number of aliphatic hydroxyl groups is 1. The van der Waals surface area contributed by atoms with Crippen LogP contribution in [0.1, 0.15) is 18.1 Å². The number of sulfonamides is 1. The number of hydrogen-bond acceptors (Lipinski definition) is 8. The van der Waals surface area contributed by atoms with Crippen LogP contribution in [-0.4, -0.2) is 47.4 Å². The number of nitrogens with one attached hydrogen (secondary N) is 2. The lowest BCUT2D eigenvalue weighted by Gasteiger charge is -2.10. The van der Waals surface area contributed by atoms with E-state index in [1.54, 1.807) is 12.4 Å². The molecule has 1 aliphatic rings. The number of benzene rings is 1. The number of anilines is 2. The van der Waals surface area contributed by atoms with Crippen molar-refractivity contribution in [3.05, 3.63) is 42.2 Å². The fraction of sp³-hybridized carbons (Fsp3) is 0.267. The summed E-state index contributed by atoms with van der Waals surface area (Å²) in [5.74, 6) is 0.298. The molecule has 1 fully saturated rings. The van der Waals surface area contributed by atoms with Gasteiger partial charge in [-0.05, 0) is 24.3 Å². The van der Waals surface area contributed by atoms with E-state index in [4.69, 9.17) is 9.84 Å². The molecule has 1 aromatic heterocycles. The minimum Gasteiger partial charge on any atom is -0.464 e. The molecule has 0 aliphatic carbocycles. The van der Waals surface area contributed by atoms with E-state index in [9.17, 15) is 18.3 Å². The molecule has 2 unspecified atom stereocenters. The maximum atomic E-state index is 11.7. The highest BCUT2D eigenvalue weighted by Crippen LogP contribution is 2.28. The molecule has 0 bridgehead atoms. The molecule has 0 radical (unpaired) electrons. The van der Waals surface area contributed by atoms with E-state index < -0.39 is 22.2 Å². The molecule has 1 saturated heterocycles. The Morgan fingerprint density at radius 3 is 2.38 bits per heavy atom. The Hall–Kier alpha value is -2.76. The molecule has 26 heavy (non-hydrogen) atoms. The van der Waals surface area contributed by atoms with Crippen LogP contribution in [0.5, 0.6) is 0 Å². The first kappa shape index (κ1) is 18.0. The fourth-order valence-electron chi connectivity index (χ4n) is 2.43. The van der Waals surface area contributed by atoms with E-state index in [0.29, 0.717) is 18.1 Å². The van der Waals surface area contributed by atoms with Crippen molar-refractivity contribution in [3.8, 4) is 0 Å². The van der Waals surface area contributed by atoms with E-state index in [1.807, 2.05) is 0 Å². The zero-order valence-electron chi connectivity index (χ0n) is 13.4. The summed E-state index contributed by atoms with van der Waals surface area (Å²) in [6.07, 6.45) is 1.31. The van der Waals surface area contributed by atoms with Crippen molar-refractivity contribution >= 4 is 27.8 Å². The maximum absolute atomic E-state index is 11.7. The fourth-order valence-corrected chi connectivity index (χ4v) is 3.27. The van der Waals surface area contributed by atoms with Gasteiger partial charge in [0.15, 0.2) is 0 Å². The first-order valence-corrected chi connectivity index (χ1v) is 9.06. The van der Waals surface area contributed by atoms with Crippen molar-refractivity contribution in [2.24, 2.45) is 0 Å². The number of nitrogens with zero attached hydrogens (tertiary/aromatic N) is 2. The number of ether oxygens (including phenoxy) is 1. The highest BCUT2D eigenvalue weighted by molar-refractivity contribution is 7.90. The van der Waals surface area contributed by atoms with Gasteiger partial charge in [-0.3, -0.25) is 0 Å². The van der Waals surface area contributed by atoms with Crippen LogP contribution in [0.3, 0.4) is 0 Å². The van der Waals surface area contributed by atoms with Crippen molar-refractivity contribution in [2.45, 2.75) is 23.5 Å². The molecule has 1 aliphatic heterocycles. The quantitative estimate of drug-likeness (QED) is 0.595. The topological polar surface area (TPSA) is 151 Å².